The van der Waals surface area contributed by atoms with E-state index >= 15 is 0 Å². The molecular weight excluding hydrogens is 314 g/mol. The van der Waals surface area contributed by atoms with Crippen molar-refractivity contribution < 1.29 is 9.59 Å². The van der Waals surface area contributed by atoms with Crippen molar-refractivity contribution in [2.45, 2.75) is 38.0 Å². The number of aryl methyl sites for hydroxylation is 1. The molecule has 0 unspecified atom stereocenters. The number of anilines is 1. The molecule has 1 fully saturated rings. The maximum atomic E-state index is 12.2. The highest BCUT2D eigenvalue weighted by molar-refractivity contribution is 6.39. The Balaban J connectivity index is 1.65. The van der Waals surface area contributed by atoms with Gasteiger partial charge in [-0.2, -0.15) is 0 Å². The number of carbonyl (C=O) groups excluding carboxylic acids is 2. The Labute approximate surface area is 147 Å². The van der Waals surface area contributed by atoms with E-state index in [0.29, 0.717) is 12.2 Å². The smallest absolute Gasteiger partial charge is 0.313 e. The molecule has 1 aliphatic rings. The number of aromatic nitrogens is 1. The molecule has 130 valence electrons. The number of nitrogens with one attached hydrogen (secondary N) is 2. The van der Waals surface area contributed by atoms with Gasteiger partial charge in [0.05, 0.1) is 11.9 Å². The van der Waals surface area contributed by atoms with Crippen LogP contribution in [0, 0.1) is 6.92 Å². The molecule has 3 rings (SSSR count). The number of hydrogen-bond acceptors (Lipinski definition) is 3. The average Bonchev–Trinajstić information content (AvgIpc) is 3.11. The minimum absolute atomic E-state index is 0.0732. The molecule has 0 saturated heterocycles. The quantitative estimate of drug-likeness (QED) is 0.843. The number of rotatable bonds is 4. The summed E-state index contributed by atoms with van der Waals surface area (Å²) in [4.78, 5) is 28.2. The van der Waals surface area contributed by atoms with Gasteiger partial charge in [-0.3, -0.25) is 14.6 Å². The second-order valence-electron chi connectivity index (χ2n) is 6.74. The second-order valence-corrected chi connectivity index (χ2v) is 6.74. The van der Waals surface area contributed by atoms with Crippen molar-refractivity contribution >= 4 is 17.5 Å². The Bertz CT molecular complexity index is 753. The third-order valence-corrected chi connectivity index (χ3v) is 4.90. The maximum absolute atomic E-state index is 12.2. The van der Waals surface area contributed by atoms with Gasteiger partial charge in [0.15, 0.2) is 0 Å². The normalized spacial score (nSPS) is 15.6. The maximum Gasteiger partial charge on any atom is 0.313 e. The summed E-state index contributed by atoms with van der Waals surface area (Å²) in [5.74, 6) is -1.27. The van der Waals surface area contributed by atoms with Crippen LogP contribution in [0.1, 0.15) is 36.8 Å². The number of nitrogens with zero attached hydrogens (tertiary/aromatic N) is 1. The molecule has 0 radical (unpaired) electrons. The Kier molecular flexibility index (Phi) is 5.12. The Morgan fingerprint density at radius 3 is 2.60 bits per heavy atom. The first kappa shape index (κ1) is 17.1. The van der Waals surface area contributed by atoms with Gasteiger partial charge >= 0.3 is 11.8 Å². The Morgan fingerprint density at radius 1 is 1.12 bits per heavy atom. The van der Waals surface area contributed by atoms with Crippen molar-refractivity contribution in [3.8, 4) is 0 Å². The lowest BCUT2D eigenvalue weighted by Gasteiger charge is -2.30. The summed E-state index contributed by atoms with van der Waals surface area (Å²) < 4.78 is 0. The lowest BCUT2D eigenvalue weighted by Crippen LogP contribution is -2.43. The predicted molar refractivity (Wildman–Crippen MR) is 97.2 cm³/mol. The van der Waals surface area contributed by atoms with Crippen molar-refractivity contribution in [1.29, 1.82) is 0 Å². The van der Waals surface area contributed by atoms with Gasteiger partial charge in [-0.25, -0.2) is 0 Å². The van der Waals surface area contributed by atoms with Gasteiger partial charge in [-0.1, -0.05) is 42.7 Å². The highest BCUT2D eigenvalue weighted by atomic mass is 16.2. The zero-order valence-corrected chi connectivity index (χ0v) is 14.4. The standard InChI is InChI=1S/C20H23N3O2/c1-15-6-4-7-16(12-15)20(9-2-3-10-20)14-22-18(24)19(25)23-17-8-5-11-21-13-17/h4-8,11-13H,2-3,9-10,14H2,1H3,(H,22,24)(H,23,25). The molecule has 5 heteroatoms. The molecule has 1 heterocycles. The van der Waals surface area contributed by atoms with Crippen LogP contribution in [0.2, 0.25) is 0 Å². The lowest BCUT2D eigenvalue weighted by molar-refractivity contribution is -0.136. The van der Waals surface area contributed by atoms with E-state index in [4.69, 9.17) is 0 Å². The van der Waals surface area contributed by atoms with E-state index in [0.717, 1.165) is 25.7 Å². The van der Waals surface area contributed by atoms with Crippen LogP contribution >= 0.6 is 0 Å². The van der Waals surface area contributed by atoms with E-state index in [2.05, 4.69) is 46.8 Å². The number of benzene rings is 1. The number of carbonyl (C=O) groups is 2. The zero-order valence-electron chi connectivity index (χ0n) is 14.4. The SMILES string of the molecule is Cc1cccc(C2(CNC(=O)C(=O)Nc3cccnc3)CCCC2)c1. The van der Waals surface area contributed by atoms with Crippen LogP contribution in [-0.4, -0.2) is 23.3 Å². The van der Waals surface area contributed by atoms with E-state index in [-0.39, 0.29) is 5.41 Å². The van der Waals surface area contributed by atoms with Crippen molar-refractivity contribution in [3.63, 3.8) is 0 Å². The van der Waals surface area contributed by atoms with Crippen molar-refractivity contribution in [2.24, 2.45) is 0 Å². The summed E-state index contributed by atoms with van der Waals surface area (Å²) in [6.07, 6.45) is 7.47. The Hall–Kier alpha value is -2.69. The van der Waals surface area contributed by atoms with Gasteiger partial charge in [0.2, 0.25) is 0 Å². The van der Waals surface area contributed by atoms with Gasteiger partial charge in [0, 0.05) is 18.2 Å². The summed E-state index contributed by atoms with van der Waals surface area (Å²) >= 11 is 0. The van der Waals surface area contributed by atoms with Crippen LogP contribution in [0.5, 0.6) is 0 Å². The zero-order chi connectivity index (χ0) is 17.7. The van der Waals surface area contributed by atoms with Crippen LogP contribution in [0.25, 0.3) is 0 Å². The fraction of sp³-hybridized carbons (Fsp3) is 0.350. The van der Waals surface area contributed by atoms with E-state index in [1.54, 1.807) is 18.3 Å². The van der Waals surface area contributed by atoms with Gasteiger partial charge in [-0.05, 0) is 37.5 Å². The fourth-order valence-electron chi connectivity index (χ4n) is 3.55. The molecule has 1 aromatic heterocycles. The molecule has 2 aromatic rings. The van der Waals surface area contributed by atoms with Crippen molar-refractivity contribution in [1.82, 2.24) is 10.3 Å². The van der Waals surface area contributed by atoms with Crippen LogP contribution in [0.3, 0.4) is 0 Å². The third-order valence-electron chi connectivity index (χ3n) is 4.90. The molecule has 1 aromatic carbocycles. The molecule has 25 heavy (non-hydrogen) atoms. The van der Waals surface area contributed by atoms with E-state index in [9.17, 15) is 9.59 Å². The van der Waals surface area contributed by atoms with Gasteiger partial charge in [0.1, 0.15) is 0 Å². The summed E-state index contributed by atoms with van der Waals surface area (Å²) in [7, 11) is 0. The topological polar surface area (TPSA) is 71.1 Å². The molecule has 5 nitrogen and oxygen atoms in total. The highest BCUT2D eigenvalue weighted by Gasteiger charge is 2.36. The number of hydrogen-bond donors (Lipinski definition) is 2. The van der Waals surface area contributed by atoms with E-state index < -0.39 is 11.8 Å². The molecule has 0 atom stereocenters. The van der Waals surface area contributed by atoms with Crippen molar-refractivity contribution in [2.75, 3.05) is 11.9 Å². The molecule has 1 aliphatic carbocycles. The van der Waals surface area contributed by atoms with Gasteiger partial charge < -0.3 is 10.6 Å². The predicted octanol–water partition coefficient (Wildman–Crippen LogP) is 2.96. The first-order valence-corrected chi connectivity index (χ1v) is 8.65. The fourth-order valence-corrected chi connectivity index (χ4v) is 3.55. The van der Waals surface area contributed by atoms with Gasteiger partial charge in [0.25, 0.3) is 0 Å². The average molecular weight is 337 g/mol. The highest BCUT2D eigenvalue weighted by Crippen LogP contribution is 2.40. The van der Waals surface area contributed by atoms with Gasteiger partial charge in [-0.15, -0.1) is 0 Å². The number of pyridine rings is 1. The summed E-state index contributed by atoms with van der Waals surface area (Å²) in [6, 6.07) is 11.9. The number of amides is 2. The molecule has 0 bridgehead atoms. The first-order chi connectivity index (χ1) is 12.1. The van der Waals surface area contributed by atoms with E-state index in [1.165, 1.54) is 17.3 Å². The minimum Gasteiger partial charge on any atom is -0.347 e. The first-order valence-electron chi connectivity index (χ1n) is 8.65. The third kappa shape index (κ3) is 4.05. The van der Waals surface area contributed by atoms with Crippen LogP contribution < -0.4 is 10.6 Å². The Morgan fingerprint density at radius 2 is 1.92 bits per heavy atom. The molecule has 0 spiro atoms. The summed E-state index contributed by atoms with van der Waals surface area (Å²) in [5, 5.41) is 5.40. The molecule has 1 saturated carbocycles. The van der Waals surface area contributed by atoms with Crippen LogP contribution in [0.4, 0.5) is 5.69 Å². The summed E-state index contributed by atoms with van der Waals surface area (Å²) in [6.45, 7) is 2.56. The van der Waals surface area contributed by atoms with Crippen LogP contribution in [-0.2, 0) is 15.0 Å². The largest absolute Gasteiger partial charge is 0.347 e. The lowest BCUT2D eigenvalue weighted by atomic mass is 9.78. The monoisotopic (exact) mass is 337 g/mol. The minimum atomic E-state index is -0.662. The molecular formula is C20H23N3O2. The molecule has 2 N–H and O–H groups in total. The molecule has 0 aliphatic heterocycles. The summed E-state index contributed by atoms with van der Waals surface area (Å²) in [5.41, 5.74) is 2.90. The van der Waals surface area contributed by atoms with Crippen molar-refractivity contribution in [3.05, 3.63) is 59.9 Å². The van der Waals surface area contributed by atoms with Crippen LogP contribution in [0.15, 0.2) is 48.8 Å². The molecule has 2 amide bonds. The van der Waals surface area contributed by atoms with E-state index in [1.807, 2.05) is 0 Å². The second kappa shape index (κ2) is 7.47.